The first kappa shape index (κ1) is 22.0. The fraction of sp³-hybridized carbons (Fsp3) is 0.944. The van der Waals surface area contributed by atoms with Gasteiger partial charge in [0.1, 0.15) is 0 Å². The third kappa shape index (κ3) is 7.87. The van der Waals surface area contributed by atoms with Gasteiger partial charge in [-0.25, -0.2) is 0 Å². The van der Waals surface area contributed by atoms with Crippen molar-refractivity contribution < 1.29 is 4.74 Å². The highest BCUT2D eigenvalue weighted by Gasteiger charge is 2.30. The average molecular weight is 452 g/mol. The van der Waals surface area contributed by atoms with Crippen LogP contribution in [0.15, 0.2) is 4.99 Å². The fourth-order valence-corrected chi connectivity index (χ4v) is 3.75. The van der Waals surface area contributed by atoms with Crippen LogP contribution >= 0.6 is 24.0 Å². The van der Waals surface area contributed by atoms with Crippen LogP contribution in [0.1, 0.15) is 58.3 Å². The topological polar surface area (TPSA) is 48.9 Å². The van der Waals surface area contributed by atoms with Gasteiger partial charge in [0.2, 0.25) is 0 Å². The summed E-state index contributed by atoms with van der Waals surface area (Å²) in [5.74, 6) is 0.998. The molecular formula is C18H37IN4O. The van der Waals surface area contributed by atoms with E-state index in [4.69, 9.17) is 9.73 Å². The first-order valence-corrected chi connectivity index (χ1v) is 9.61. The third-order valence-electron chi connectivity index (χ3n) is 5.02. The van der Waals surface area contributed by atoms with Crippen molar-refractivity contribution in [2.75, 3.05) is 39.9 Å². The molecule has 0 aromatic rings. The number of ether oxygens (including phenoxy) is 1. The fourth-order valence-electron chi connectivity index (χ4n) is 3.75. The molecule has 24 heavy (non-hydrogen) atoms. The zero-order chi connectivity index (χ0) is 16.3. The summed E-state index contributed by atoms with van der Waals surface area (Å²) in [4.78, 5) is 7.43. The van der Waals surface area contributed by atoms with Gasteiger partial charge in [-0.05, 0) is 45.4 Å². The van der Waals surface area contributed by atoms with Gasteiger partial charge in [0.15, 0.2) is 5.96 Å². The zero-order valence-corrected chi connectivity index (χ0v) is 17.9. The molecule has 1 saturated heterocycles. The quantitative estimate of drug-likeness (QED) is 0.245. The summed E-state index contributed by atoms with van der Waals surface area (Å²) in [5.41, 5.74) is 0. The van der Waals surface area contributed by atoms with Crippen LogP contribution in [0.4, 0.5) is 0 Å². The largest absolute Gasteiger partial charge is 0.385 e. The van der Waals surface area contributed by atoms with Gasteiger partial charge in [0.25, 0.3) is 0 Å². The van der Waals surface area contributed by atoms with Crippen LogP contribution in [-0.2, 0) is 4.74 Å². The van der Waals surface area contributed by atoms with Crippen LogP contribution in [-0.4, -0.2) is 62.8 Å². The van der Waals surface area contributed by atoms with E-state index < -0.39 is 0 Å². The highest BCUT2D eigenvalue weighted by Crippen LogP contribution is 2.26. The van der Waals surface area contributed by atoms with Gasteiger partial charge in [-0.3, -0.25) is 9.89 Å². The predicted octanol–water partition coefficient (Wildman–Crippen LogP) is 2.99. The molecule has 2 rings (SSSR count). The van der Waals surface area contributed by atoms with E-state index in [1.165, 1.54) is 51.6 Å². The molecule has 1 atom stereocenters. The lowest BCUT2D eigenvalue weighted by molar-refractivity contribution is 0.192. The van der Waals surface area contributed by atoms with E-state index in [1.807, 2.05) is 0 Å². The van der Waals surface area contributed by atoms with E-state index in [-0.39, 0.29) is 24.0 Å². The number of likely N-dealkylation sites (tertiary alicyclic amines) is 1. The summed E-state index contributed by atoms with van der Waals surface area (Å²) >= 11 is 0. The first-order chi connectivity index (χ1) is 11.3. The molecule has 2 N–H and O–H groups in total. The maximum Gasteiger partial charge on any atom is 0.191 e. The Hall–Kier alpha value is -0.0800. The minimum Gasteiger partial charge on any atom is -0.385 e. The molecule has 5 nitrogen and oxygen atoms in total. The molecule has 0 spiro atoms. The molecule has 142 valence electrons. The molecule has 1 aliphatic heterocycles. The van der Waals surface area contributed by atoms with E-state index in [1.54, 1.807) is 7.11 Å². The van der Waals surface area contributed by atoms with Crippen molar-refractivity contribution in [3.8, 4) is 0 Å². The number of hydrogen-bond donors (Lipinski definition) is 2. The Morgan fingerprint density at radius 1 is 1.17 bits per heavy atom. The summed E-state index contributed by atoms with van der Waals surface area (Å²) in [5, 5.41) is 7.04. The van der Waals surface area contributed by atoms with E-state index in [0.717, 1.165) is 44.5 Å². The molecule has 6 heteroatoms. The number of nitrogens with one attached hydrogen (secondary N) is 2. The number of unbranched alkanes of at least 4 members (excludes halogenated alkanes) is 2. The van der Waals surface area contributed by atoms with Crippen LogP contribution in [0.3, 0.4) is 0 Å². The number of halogens is 1. The van der Waals surface area contributed by atoms with Gasteiger partial charge in [-0.1, -0.05) is 12.8 Å². The minimum absolute atomic E-state index is 0. The van der Waals surface area contributed by atoms with Crippen molar-refractivity contribution in [1.29, 1.82) is 0 Å². The van der Waals surface area contributed by atoms with Gasteiger partial charge in [-0.2, -0.15) is 0 Å². The zero-order valence-electron chi connectivity index (χ0n) is 15.6. The number of hydrogen-bond acceptors (Lipinski definition) is 3. The summed E-state index contributed by atoms with van der Waals surface area (Å²) in [7, 11) is 1.77. The lowest BCUT2D eigenvalue weighted by Crippen LogP contribution is -2.45. The summed E-state index contributed by atoms with van der Waals surface area (Å²) in [6.45, 7) is 7.25. The van der Waals surface area contributed by atoms with Crippen LogP contribution in [0.25, 0.3) is 0 Å². The van der Waals surface area contributed by atoms with E-state index >= 15 is 0 Å². The van der Waals surface area contributed by atoms with E-state index in [0.29, 0.717) is 6.04 Å². The molecule has 2 fully saturated rings. The highest BCUT2D eigenvalue weighted by atomic mass is 127. The SMILES string of the molecule is CCNC(=NCCCCCOC)NC1CCN(C2CCCC2)C1.I. The van der Waals surface area contributed by atoms with Gasteiger partial charge in [0.05, 0.1) is 0 Å². The smallest absolute Gasteiger partial charge is 0.191 e. The lowest BCUT2D eigenvalue weighted by atomic mass is 10.2. The van der Waals surface area contributed by atoms with Crippen molar-refractivity contribution in [1.82, 2.24) is 15.5 Å². The van der Waals surface area contributed by atoms with Crippen LogP contribution in [0.2, 0.25) is 0 Å². The number of aliphatic imine (C=N–C) groups is 1. The molecule has 0 radical (unpaired) electrons. The molecule has 0 bridgehead atoms. The second-order valence-corrected chi connectivity index (χ2v) is 6.88. The third-order valence-corrected chi connectivity index (χ3v) is 5.02. The van der Waals surface area contributed by atoms with Gasteiger partial charge < -0.3 is 15.4 Å². The Labute approximate surface area is 165 Å². The highest BCUT2D eigenvalue weighted by molar-refractivity contribution is 14.0. The number of rotatable bonds is 9. The molecule has 1 unspecified atom stereocenters. The Morgan fingerprint density at radius 3 is 2.67 bits per heavy atom. The van der Waals surface area contributed by atoms with E-state index in [2.05, 4.69) is 22.5 Å². The minimum atomic E-state index is 0. The van der Waals surface area contributed by atoms with Gasteiger partial charge in [0, 0.05) is 52.0 Å². The van der Waals surface area contributed by atoms with Crippen molar-refractivity contribution >= 4 is 29.9 Å². The Kier molecular flexibility index (Phi) is 12.0. The Morgan fingerprint density at radius 2 is 1.96 bits per heavy atom. The first-order valence-electron chi connectivity index (χ1n) is 9.61. The number of guanidine groups is 1. The van der Waals surface area contributed by atoms with Crippen molar-refractivity contribution in [3.05, 3.63) is 0 Å². The summed E-state index contributed by atoms with van der Waals surface area (Å²) in [6, 6.07) is 1.41. The molecule has 1 aliphatic carbocycles. The van der Waals surface area contributed by atoms with Crippen molar-refractivity contribution in [3.63, 3.8) is 0 Å². The maximum atomic E-state index is 5.08. The number of nitrogens with zero attached hydrogens (tertiary/aromatic N) is 2. The van der Waals surface area contributed by atoms with Crippen molar-refractivity contribution in [2.24, 2.45) is 4.99 Å². The monoisotopic (exact) mass is 452 g/mol. The number of methoxy groups -OCH3 is 1. The average Bonchev–Trinajstić information content (AvgIpc) is 3.22. The van der Waals surface area contributed by atoms with Gasteiger partial charge in [-0.15, -0.1) is 24.0 Å². The molecule has 1 saturated carbocycles. The lowest BCUT2D eigenvalue weighted by Gasteiger charge is -2.24. The molecule has 1 heterocycles. The van der Waals surface area contributed by atoms with Crippen LogP contribution in [0.5, 0.6) is 0 Å². The van der Waals surface area contributed by atoms with Crippen molar-refractivity contribution in [2.45, 2.75) is 70.4 Å². The predicted molar refractivity (Wildman–Crippen MR) is 112 cm³/mol. The van der Waals surface area contributed by atoms with Crippen LogP contribution < -0.4 is 10.6 Å². The molecule has 2 aliphatic rings. The molecule has 0 aromatic carbocycles. The Balaban J connectivity index is 0.00000288. The molecule has 0 aromatic heterocycles. The van der Waals surface area contributed by atoms with Gasteiger partial charge >= 0.3 is 0 Å². The Bertz CT molecular complexity index is 348. The standard InChI is InChI=1S/C18H36N4O.HI/c1-3-19-18(20-12-7-4-8-14-23-2)21-16-11-13-22(15-16)17-9-5-6-10-17;/h16-17H,3-15H2,1-2H3,(H2,19,20,21);1H. The maximum absolute atomic E-state index is 5.08. The van der Waals surface area contributed by atoms with Crippen LogP contribution in [0, 0.1) is 0 Å². The normalized spacial score (nSPS) is 22.6. The molecule has 0 amide bonds. The second kappa shape index (κ2) is 13.2. The summed E-state index contributed by atoms with van der Waals surface area (Å²) < 4.78 is 5.08. The summed E-state index contributed by atoms with van der Waals surface area (Å²) in [6.07, 6.45) is 10.4. The second-order valence-electron chi connectivity index (χ2n) is 6.88. The van der Waals surface area contributed by atoms with E-state index in [9.17, 15) is 0 Å². The molecular weight excluding hydrogens is 415 g/mol.